The Morgan fingerprint density at radius 2 is 1.26 bits per heavy atom. The molecule has 4 saturated carbocycles. The molecule has 0 amide bonds. The number of fused-ring (bicyclic) bond motifs is 5. The second kappa shape index (κ2) is 21.0. The van der Waals surface area contributed by atoms with Crippen molar-refractivity contribution in [3.05, 3.63) is 0 Å². The Kier molecular flexibility index (Phi) is 17.5. The van der Waals surface area contributed by atoms with E-state index in [1.54, 1.807) is 0 Å². The number of aliphatic hydroxyl groups is 1. The van der Waals surface area contributed by atoms with E-state index in [0.29, 0.717) is 48.3 Å². The summed E-state index contributed by atoms with van der Waals surface area (Å²) >= 11 is 0. The first kappa shape index (κ1) is 41.7. The standard InChI is InChI=1S/C45H80O5/c1-5-6-7-8-9-10-11-12-13-14-15-16-17-18-19-20-21-22-23-43(49)50-36-30-31-44(3)35(32-36)25-26-37-39-28-27-38(34(2)24-29-42(47)48)45(39,4)41(46)33-40(37)44/h34-41,46H,5-33H2,1-4H3,(H,47,48). The van der Waals surface area contributed by atoms with Gasteiger partial charge in [0.05, 0.1) is 6.10 Å². The highest BCUT2D eigenvalue weighted by Gasteiger charge is 2.63. The molecule has 10 unspecified atom stereocenters. The predicted molar refractivity (Wildman–Crippen MR) is 206 cm³/mol. The third-order valence-corrected chi connectivity index (χ3v) is 15.3. The minimum atomic E-state index is -0.709. The fourth-order valence-electron chi connectivity index (χ4n) is 12.2. The number of esters is 1. The number of carboxylic acid groups (broad SMARTS) is 1. The van der Waals surface area contributed by atoms with Crippen LogP contribution in [0.3, 0.4) is 0 Å². The van der Waals surface area contributed by atoms with Gasteiger partial charge in [0, 0.05) is 12.8 Å². The fraction of sp³-hybridized carbons (Fsp3) is 0.956. The molecule has 0 aromatic heterocycles. The van der Waals surface area contributed by atoms with E-state index in [1.807, 2.05) is 0 Å². The van der Waals surface area contributed by atoms with Crippen LogP contribution in [0.5, 0.6) is 0 Å². The zero-order valence-electron chi connectivity index (χ0n) is 33.2. The van der Waals surface area contributed by atoms with Crippen molar-refractivity contribution in [3.8, 4) is 0 Å². The summed E-state index contributed by atoms with van der Waals surface area (Å²) in [6.07, 6.45) is 34.4. The Balaban J connectivity index is 1.06. The van der Waals surface area contributed by atoms with Gasteiger partial charge >= 0.3 is 11.9 Å². The van der Waals surface area contributed by atoms with Crippen molar-refractivity contribution < 1.29 is 24.5 Å². The molecule has 0 spiro atoms. The van der Waals surface area contributed by atoms with Crippen LogP contribution in [-0.2, 0) is 14.3 Å². The summed E-state index contributed by atoms with van der Waals surface area (Å²) in [5.74, 6) is 2.36. The van der Waals surface area contributed by atoms with E-state index in [2.05, 4.69) is 27.7 Å². The minimum absolute atomic E-state index is 0.0154. The maximum absolute atomic E-state index is 12.8. The quantitative estimate of drug-likeness (QED) is 0.0773. The van der Waals surface area contributed by atoms with Crippen LogP contribution in [0.1, 0.15) is 214 Å². The normalized spacial score (nSPS) is 34.1. The van der Waals surface area contributed by atoms with E-state index in [1.165, 1.54) is 122 Å². The molecule has 4 fully saturated rings. The number of ether oxygens (including phenoxy) is 1. The molecule has 0 saturated heterocycles. The van der Waals surface area contributed by atoms with Gasteiger partial charge in [0.1, 0.15) is 6.10 Å². The molecule has 0 heterocycles. The van der Waals surface area contributed by atoms with Crippen LogP contribution in [0.2, 0.25) is 0 Å². The van der Waals surface area contributed by atoms with Crippen LogP contribution < -0.4 is 0 Å². The van der Waals surface area contributed by atoms with Gasteiger partial charge in [-0.3, -0.25) is 9.59 Å². The lowest BCUT2D eigenvalue weighted by molar-refractivity contribution is -0.181. The predicted octanol–water partition coefficient (Wildman–Crippen LogP) is 12.5. The average molecular weight is 701 g/mol. The Hall–Kier alpha value is -1.10. The smallest absolute Gasteiger partial charge is 0.306 e. The van der Waals surface area contributed by atoms with E-state index in [-0.39, 0.29) is 35.4 Å². The molecule has 0 aliphatic heterocycles. The van der Waals surface area contributed by atoms with Crippen molar-refractivity contribution in [2.45, 2.75) is 226 Å². The van der Waals surface area contributed by atoms with Crippen LogP contribution in [0, 0.1) is 46.3 Å². The van der Waals surface area contributed by atoms with Crippen molar-refractivity contribution in [2.75, 3.05) is 0 Å². The topological polar surface area (TPSA) is 83.8 Å². The van der Waals surface area contributed by atoms with Crippen molar-refractivity contribution in [1.29, 1.82) is 0 Å². The summed E-state index contributed by atoms with van der Waals surface area (Å²) in [5, 5.41) is 21.1. The molecule has 0 aromatic rings. The van der Waals surface area contributed by atoms with Crippen LogP contribution in [-0.4, -0.2) is 34.4 Å². The fourth-order valence-corrected chi connectivity index (χ4v) is 12.2. The van der Waals surface area contributed by atoms with E-state index in [4.69, 9.17) is 4.74 Å². The molecule has 0 radical (unpaired) electrons. The van der Waals surface area contributed by atoms with E-state index in [0.717, 1.165) is 44.9 Å². The summed E-state index contributed by atoms with van der Waals surface area (Å²) in [4.78, 5) is 24.1. The molecule has 0 bridgehead atoms. The Bertz CT molecular complexity index is 996. The molecule has 5 nitrogen and oxygen atoms in total. The van der Waals surface area contributed by atoms with Crippen molar-refractivity contribution in [1.82, 2.24) is 0 Å². The average Bonchev–Trinajstić information content (AvgIpc) is 3.46. The number of unbranched alkanes of at least 4 members (excludes halogenated alkanes) is 17. The van der Waals surface area contributed by atoms with Gasteiger partial charge in [0.15, 0.2) is 0 Å². The number of rotatable bonds is 24. The van der Waals surface area contributed by atoms with Crippen LogP contribution in [0.15, 0.2) is 0 Å². The second-order valence-corrected chi connectivity index (χ2v) is 18.5. The number of hydrogen-bond acceptors (Lipinski definition) is 4. The van der Waals surface area contributed by atoms with Gasteiger partial charge < -0.3 is 14.9 Å². The van der Waals surface area contributed by atoms with Gasteiger partial charge in [-0.2, -0.15) is 0 Å². The Morgan fingerprint density at radius 1 is 0.700 bits per heavy atom. The van der Waals surface area contributed by atoms with Crippen molar-refractivity contribution in [2.24, 2.45) is 46.3 Å². The minimum Gasteiger partial charge on any atom is -0.481 e. The Labute approximate surface area is 308 Å². The van der Waals surface area contributed by atoms with E-state index < -0.39 is 5.97 Å². The monoisotopic (exact) mass is 701 g/mol. The van der Waals surface area contributed by atoms with Crippen LogP contribution in [0.25, 0.3) is 0 Å². The largest absolute Gasteiger partial charge is 0.481 e. The summed E-state index contributed by atoms with van der Waals surface area (Å²) in [7, 11) is 0. The third kappa shape index (κ3) is 11.2. The van der Waals surface area contributed by atoms with Gasteiger partial charge in [0.25, 0.3) is 0 Å². The molecule has 4 rings (SSSR count). The number of aliphatic hydroxyl groups excluding tert-OH is 1. The van der Waals surface area contributed by atoms with Gasteiger partial charge in [-0.25, -0.2) is 0 Å². The maximum atomic E-state index is 12.8. The lowest BCUT2D eigenvalue weighted by atomic mass is 9.43. The molecule has 290 valence electrons. The highest BCUT2D eigenvalue weighted by molar-refractivity contribution is 5.69. The first-order valence-corrected chi connectivity index (χ1v) is 22.2. The summed E-state index contributed by atoms with van der Waals surface area (Å²) < 4.78 is 6.11. The lowest BCUT2D eigenvalue weighted by Crippen LogP contribution is -2.59. The maximum Gasteiger partial charge on any atom is 0.306 e. The number of carbonyl (C=O) groups is 2. The zero-order valence-corrected chi connectivity index (χ0v) is 33.2. The second-order valence-electron chi connectivity index (χ2n) is 18.5. The first-order chi connectivity index (χ1) is 24.1. The molecule has 4 aliphatic carbocycles. The number of carbonyl (C=O) groups excluding carboxylic acids is 1. The van der Waals surface area contributed by atoms with Crippen molar-refractivity contribution in [3.63, 3.8) is 0 Å². The molecule has 0 aromatic carbocycles. The molecule has 5 heteroatoms. The zero-order chi connectivity index (χ0) is 36.0. The molecule has 2 N–H and O–H groups in total. The highest BCUT2D eigenvalue weighted by Crippen LogP contribution is 2.68. The van der Waals surface area contributed by atoms with Gasteiger partial charge in [0.2, 0.25) is 0 Å². The molecule has 50 heavy (non-hydrogen) atoms. The first-order valence-electron chi connectivity index (χ1n) is 22.2. The SMILES string of the molecule is CCCCCCCCCCCCCCCCCCCCC(=O)OC1CCC2(C)C(CCC3C2CC(O)C2(C)C(C(C)CCC(=O)O)CCC32)C1. The number of carboxylic acids is 1. The summed E-state index contributed by atoms with van der Waals surface area (Å²) in [5.41, 5.74) is 0.121. The molecular formula is C45H80O5. The number of hydrogen-bond donors (Lipinski definition) is 2. The molecule has 4 aliphatic rings. The van der Waals surface area contributed by atoms with Gasteiger partial charge in [-0.05, 0) is 111 Å². The van der Waals surface area contributed by atoms with Crippen LogP contribution >= 0.6 is 0 Å². The van der Waals surface area contributed by atoms with Crippen LogP contribution in [0.4, 0.5) is 0 Å². The lowest BCUT2D eigenvalue weighted by Gasteiger charge is -2.62. The van der Waals surface area contributed by atoms with Crippen molar-refractivity contribution >= 4 is 11.9 Å². The molecular weight excluding hydrogens is 620 g/mol. The molecule has 10 atom stereocenters. The third-order valence-electron chi connectivity index (χ3n) is 15.3. The number of aliphatic carboxylic acids is 1. The van der Waals surface area contributed by atoms with Gasteiger partial charge in [-0.15, -0.1) is 0 Å². The summed E-state index contributed by atoms with van der Waals surface area (Å²) in [6, 6.07) is 0. The van der Waals surface area contributed by atoms with E-state index in [9.17, 15) is 19.8 Å². The van der Waals surface area contributed by atoms with E-state index >= 15 is 0 Å². The van der Waals surface area contributed by atoms with Gasteiger partial charge in [-0.1, -0.05) is 137 Å². The highest BCUT2D eigenvalue weighted by atomic mass is 16.5. The Morgan fingerprint density at radius 3 is 1.82 bits per heavy atom. The summed E-state index contributed by atoms with van der Waals surface area (Å²) in [6.45, 7) is 9.36.